The highest BCUT2D eigenvalue weighted by atomic mass is 32.1. The molecule has 0 bridgehead atoms. The van der Waals surface area contributed by atoms with Crippen molar-refractivity contribution in [2.45, 2.75) is 57.8 Å². The average molecular weight is 291 g/mol. The van der Waals surface area contributed by atoms with Gasteiger partial charge in [0.2, 0.25) is 0 Å². The fourth-order valence-electron chi connectivity index (χ4n) is 2.76. The summed E-state index contributed by atoms with van der Waals surface area (Å²) in [5.41, 5.74) is 0. The first-order valence-corrected chi connectivity index (χ1v) is 7.57. The smallest absolute Gasteiger partial charge is 0.307 e. The van der Waals surface area contributed by atoms with Crippen LogP contribution < -0.4 is 5.32 Å². The molecule has 1 N–H and O–H groups in total. The van der Waals surface area contributed by atoms with Gasteiger partial charge in [0.25, 0.3) is 0 Å². The van der Waals surface area contributed by atoms with Crippen molar-refractivity contribution in [1.82, 2.24) is 5.32 Å². The zero-order valence-corrected chi connectivity index (χ0v) is 12.1. The zero-order chi connectivity index (χ0) is 14.0. The summed E-state index contributed by atoms with van der Waals surface area (Å²) in [6, 6.07) is 4.23. The van der Waals surface area contributed by atoms with E-state index >= 15 is 0 Å². The molecule has 5 heteroatoms. The highest BCUT2D eigenvalue weighted by Gasteiger charge is 2.42. The van der Waals surface area contributed by atoms with Gasteiger partial charge in [-0.15, -0.1) is 11.3 Å². The molecule has 2 rings (SSSR count). The Bertz CT molecular complexity index is 413. The monoisotopic (exact) mass is 291 g/mol. The van der Waals surface area contributed by atoms with E-state index in [1.54, 1.807) is 11.3 Å². The van der Waals surface area contributed by atoms with Gasteiger partial charge in [-0.1, -0.05) is 6.42 Å². The highest BCUT2D eigenvalue weighted by molar-refractivity contribution is 7.12. The van der Waals surface area contributed by atoms with Gasteiger partial charge < -0.3 is 5.32 Å². The maximum Gasteiger partial charge on any atom is 0.391 e. The number of hydrogen-bond donors (Lipinski definition) is 1. The minimum atomic E-state index is -4.04. The molecule has 0 aromatic carbocycles. The number of alkyl halides is 3. The Hall–Kier alpha value is -0.550. The zero-order valence-electron chi connectivity index (χ0n) is 11.3. The Balaban J connectivity index is 1.92. The van der Waals surface area contributed by atoms with E-state index in [4.69, 9.17) is 0 Å². The van der Waals surface area contributed by atoms with Crippen LogP contribution in [-0.2, 0) is 0 Å². The Morgan fingerprint density at radius 3 is 2.63 bits per heavy atom. The molecule has 3 unspecified atom stereocenters. The molecule has 1 aromatic rings. The van der Waals surface area contributed by atoms with Crippen molar-refractivity contribution in [2.75, 3.05) is 0 Å². The van der Waals surface area contributed by atoms with Crippen LogP contribution in [0.3, 0.4) is 0 Å². The molecule has 1 aliphatic carbocycles. The summed E-state index contributed by atoms with van der Waals surface area (Å²) in [5.74, 6) is -1.13. The van der Waals surface area contributed by atoms with E-state index in [1.807, 2.05) is 13.8 Å². The second kappa shape index (κ2) is 5.83. The maximum absolute atomic E-state index is 12.8. The predicted octanol–water partition coefficient (Wildman–Crippen LogP) is 4.83. The fourth-order valence-corrected chi connectivity index (χ4v) is 3.65. The Labute approximate surface area is 116 Å². The third kappa shape index (κ3) is 3.96. The SMILES string of the molecule is Cc1ccc(C(C)NC2CCCC(C(F)(F)F)C2)s1. The number of hydrogen-bond acceptors (Lipinski definition) is 2. The van der Waals surface area contributed by atoms with Gasteiger partial charge in [-0.05, 0) is 45.2 Å². The van der Waals surface area contributed by atoms with Gasteiger partial charge in [-0.3, -0.25) is 0 Å². The lowest BCUT2D eigenvalue weighted by atomic mass is 9.85. The van der Waals surface area contributed by atoms with E-state index in [1.165, 1.54) is 9.75 Å². The lowest BCUT2D eigenvalue weighted by Crippen LogP contribution is -2.39. The molecular weight excluding hydrogens is 271 g/mol. The molecule has 0 aliphatic heterocycles. The first-order valence-electron chi connectivity index (χ1n) is 6.75. The van der Waals surface area contributed by atoms with E-state index in [9.17, 15) is 13.2 Å². The van der Waals surface area contributed by atoms with E-state index < -0.39 is 12.1 Å². The minimum absolute atomic E-state index is 0.0159. The molecule has 3 atom stereocenters. The van der Waals surface area contributed by atoms with Crippen LogP contribution in [-0.4, -0.2) is 12.2 Å². The lowest BCUT2D eigenvalue weighted by molar-refractivity contribution is -0.183. The summed E-state index contributed by atoms with van der Waals surface area (Å²) in [6.07, 6.45) is -2.02. The Morgan fingerprint density at radius 2 is 2.05 bits per heavy atom. The highest BCUT2D eigenvalue weighted by Crippen LogP contribution is 2.38. The molecule has 0 amide bonds. The second-order valence-electron chi connectivity index (χ2n) is 5.44. The van der Waals surface area contributed by atoms with E-state index in [-0.39, 0.29) is 24.9 Å². The summed E-state index contributed by atoms with van der Waals surface area (Å²) in [6.45, 7) is 4.07. The molecule has 1 saturated carbocycles. The second-order valence-corrected chi connectivity index (χ2v) is 6.76. The molecule has 1 heterocycles. The van der Waals surface area contributed by atoms with E-state index in [0.29, 0.717) is 6.42 Å². The largest absolute Gasteiger partial charge is 0.391 e. The van der Waals surface area contributed by atoms with Crippen molar-refractivity contribution in [3.05, 3.63) is 21.9 Å². The Morgan fingerprint density at radius 1 is 1.32 bits per heavy atom. The molecule has 0 saturated heterocycles. The van der Waals surface area contributed by atoms with E-state index in [0.717, 1.165) is 6.42 Å². The minimum Gasteiger partial charge on any atom is -0.307 e. The number of rotatable bonds is 3. The molecule has 1 nitrogen and oxygen atoms in total. The first-order chi connectivity index (χ1) is 8.86. The molecular formula is C14H20F3NS. The summed E-state index contributed by atoms with van der Waals surface area (Å²) >= 11 is 1.71. The third-order valence-corrected chi connectivity index (χ3v) is 4.99. The van der Waals surface area contributed by atoms with E-state index in [2.05, 4.69) is 17.4 Å². The van der Waals surface area contributed by atoms with Crippen LogP contribution >= 0.6 is 11.3 Å². The molecule has 108 valence electrons. The quantitative estimate of drug-likeness (QED) is 0.841. The van der Waals surface area contributed by atoms with Crippen LogP contribution in [0, 0.1) is 12.8 Å². The van der Waals surface area contributed by atoms with Crippen molar-refractivity contribution in [3.8, 4) is 0 Å². The van der Waals surface area contributed by atoms with Crippen molar-refractivity contribution >= 4 is 11.3 Å². The number of aryl methyl sites for hydroxylation is 1. The molecule has 1 aliphatic rings. The summed E-state index contributed by atoms with van der Waals surface area (Å²) in [5, 5.41) is 3.36. The third-order valence-electron chi connectivity index (χ3n) is 3.81. The normalized spacial score (nSPS) is 26.4. The van der Waals surface area contributed by atoms with Gasteiger partial charge in [-0.25, -0.2) is 0 Å². The van der Waals surface area contributed by atoms with Crippen molar-refractivity contribution in [1.29, 1.82) is 0 Å². The summed E-state index contributed by atoms with van der Waals surface area (Å²) in [7, 11) is 0. The fraction of sp³-hybridized carbons (Fsp3) is 0.714. The van der Waals surface area contributed by atoms with Crippen LogP contribution in [0.2, 0.25) is 0 Å². The van der Waals surface area contributed by atoms with Crippen molar-refractivity contribution < 1.29 is 13.2 Å². The summed E-state index contributed by atoms with van der Waals surface area (Å²) < 4.78 is 38.3. The van der Waals surface area contributed by atoms with Gasteiger partial charge in [-0.2, -0.15) is 13.2 Å². The van der Waals surface area contributed by atoms with Gasteiger partial charge in [0.15, 0.2) is 0 Å². The standard InChI is InChI=1S/C14H20F3NS/c1-9-6-7-13(19-9)10(2)18-12-5-3-4-11(8-12)14(15,16)17/h6-7,10-12,18H,3-5,8H2,1-2H3. The lowest BCUT2D eigenvalue weighted by Gasteiger charge is -2.32. The summed E-state index contributed by atoms with van der Waals surface area (Å²) in [4.78, 5) is 2.44. The number of thiophene rings is 1. The number of halogens is 3. The molecule has 1 fully saturated rings. The van der Waals surface area contributed by atoms with Crippen LogP contribution in [0.5, 0.6) is 0 Å². The molecule has 19 heavy (non-hydrogen) atoms. The van der Waals surface area contributed by atoms with Crippen LogP contribution in [0.25, 0.3) is 0 Å². The van der Waals surface area contributed by atoms with Gasteiger partial charge in [0.1, 0.15) is 0 Å². The molecule has 0 spiro atoms. The van der Waals surface area contributed by atoms with Gasteiger partial charge in [0.05, 0.1) is 5.92 Å². The van der Waals surface area contributed by atoms with Crippen LogP contribution in [0.4, 0.5) is 13.2 Å². The van der Waals surface area contributed by atoms with Crippen LogP contribution in [0.15, 0.2) is 12.1 Å². The van der Waals surface area contributed by atoms with Crippen molar-refractivity contribution in [2.24, 2.45) is 5.92 Å². The predicted molar refractivity (Wildman–Crippen MR) is 72.4 cm³/mol. The maximum atomic E-state index is 12.8. The topological polar surface area (TPSA) is 12.0 Å². The first kappa shape index (κ1) is 14.9. The molecule has 0 radical (unpaired) electrons. The molecule has 1 aromatic heterocycles. The Kier molecular flexibility index (Phi) is 4.56. The van der Waals surface area contributed by atoms with Gasteiger partial charge in [0, 0.05) is 21.8 Å². The van der Waals surface area contributed by atoms with Crippen LogP contribution in [0.1, 0.15) is 48.4 Å². The number of nitrogens with one attached hydrogen (secondary N) is 1. The average Bonchev–Trinajstić information content (AvgIpc) is 2.75. The van der Waals surface area contributed by atoms with Gasteiger partial charge >= 0.3 is 6.18 Å². The van der Waals surface area contributed by atoms with Crippen molar-refractivity contribution in [3.63, 3.8) is 0 Å².